The van der Waals surface area contributed by atoms with Crippen molar-refractivity contribution in [2.24, 2.45) is 11.7 Å². The number of amides is 2. The number of aryl methyl sites for hydroxylation is 2. The maximum atomic E-state index is 13.5. The molecule has 2 aromatic rings. The van der Waals surface area contributed by atoms with E-state index in [1.807, 2.05) is 31.4 Å². The molecular formula is C17H21FN4OS. The van der Waals surface area contributed by atoms with Crippen LogP contribution in [-0.4, -0.2) is 6.03 Å². The van der Waals surface area contributed by atoms with E-state index in [2.05, 4.69) is 0 Å². The smallest absolute Gasteiger partial charge is 0.274 e. The van der Waals surface area contributed by atoms with Crippen LogP contribution in [0.4, 0.5) is 14.9 Å². The summed E-state index contributed by atoms with van der Waals surface area (Å²) in [6.07, 6.45) is 0.788. The van der Waals surface area contributed by atoms with Crippen molar-refractivity contribution in [3.8, 4) is 0 Å². The van der Waals surface area contributed by atoms with Gasteiger partial charge in [0.1, 0.15) is 5.82 Å². The number of carbonyl (C=O) groups is 1. The minimum Gasteiger partial charge on any atom is -0.274 e. The Bertz CT molecular complexity index is 739. The molecule has 0 aliphatic heterocycles. The van der Waals surface area contributed by atoms with Gasteiger partial charge in [0.15, 0.2) is 0 Å². The highest BCUT2D eigenvalue weighted by atomic mass is 32.2. The van der Waals surface area contributed by atoms with E-state index in [1.165, 1.54) is 23.9 Å². The predicted molar refractivity (Wildman–Crippen MR) is 95.9 cm³/mol. The van der Waals surface area contributed by atoms with Gasteiger partial charge in [-0.1, -0.05) is 25.1 Å². The number of urea groups is 1. The molecule has 0 aliphatic rings. The second-order valence-electron chi connectivity index (χ2n) is 5.30. The first-order valence-corrected chi connectivity index (χ1v) is 8.51. The number of anilines is 1. The van der Waals surface area contributed by atoms with Gasteiger partial charge in [0.05, 0.1) is 5.69 Å². The van der Waals surface area contributed by atoms with Crippen LogP contribution in [0.2, 0.25) is 0 Å². The summed E-state index contributed by atoms with van der Waals surface area (Å²) < 4.78 is 13.5. The topological polar surface area (TPSA) is 84.4 Å². The molecule has 0 atom stereocenters. The third-order valence-corrected chi connectivity index (χ3v) is 4.96. The van der Waals surface area contributed by atoms with Gasteiger partial charge in [-0.05, 0) is 48.2 Å². The van der Waals surface area contributed by atoms with Crippen LogP contribution >= 0.6 is 11.8 Å². The average Bonchev–Trinajstić information content (AvgIpc) is 2.60. The van der Waals surface area contributed by atoms with Crippen LogP contribution in [0.15, 0.2) is 41.3 Å². The van der Waals surface area contributed by atoms with Crippen LogP contribution in [0.5, 0.6) is 0 Å². The SMILES string of the molecule is CCc1cccc(N(N)C(=O)NN)c1SCc1cc(F)ccc1C. The molecule has 5 nitrogen and oxygen atoms in total. The lowest BCUT2D eigenvalue weighted by Gasteiger charge is -2.21. The quantitative estimate of drug-likeness (QED) is 0.335. The fraction of sp³-hybridized carbons (Fsp3) is 0.235. The highest BCUT2D eigenvalue weighted by molar-refractivity contribution is 7.98. The van der Waals surface area contributed by atoms with Crippen LogP contribution in [0.25, 0.3) is 0 Å². The number of hydrogen-bond acceptors (Lipinski definition) is 4. The van der Waals surface area contributed by atoms with Crippen molar-refractivity contribution in [1.29, 1.82) is 0 Å². The number of carbonyl (C=O) groups excluding carboxylic acids is 1. The van der Waals surface area contributed by atoms with E-state index in [-0.39, 0.29) is 5.82 Å². The van der Waals surface area contributed by atoms with Crippen molar-refractivity contribution < 1.29 is 9.18 Å². The van der Waals surface area contributed by atoms with Crippen LogP contribution in [0.1, 0.15) is 23.6 Å². The Hall–Kier alpha value is -2.09. The summed E-state index contributed by atoms with van der Waals surface area (Å²) in [5, 5.41) is 0.986. The number of nitrogens with two attached hydrogens (primary N) is 2. The molecule has 0 saturated heterocycles. The fourth-order valence-corrected chi connectivity index (χ4v) is 3.65. The van der Waals surface area contributed by atoms with E-state index in [9.17, 15) is 9.18 Å². The first kappa shape index (κ1) is 18.3. The zero-order valence-electron chi connectivity index (χ0n) is 13.7. The van der Waals surface area contributed by atoms with Crippen LogP contribution in [0.3, 0.4) is 0 Å². The molecule has 24 heavy (non-hydrogen) atoms. The molecule has 5 N–H and O–H groups in total. The Morgan fingerprint density at radius 1 is 1.29 bits per heavy atom. The number of hydrazine groups is 2. The van der Waals surface area contributed by atoms with E-state index in [0.717, 1.165) is 33.0 Å². The van der Waals surface area contributed by atoms with Gasteiger partial charge in [-0.2, -0.15) is 0 Å². The highest BCUT2D eigenvalue weighted by Gasteiger charge is 2.17. The van der Waals surface area contributed by atoms with Crippen molar-refractivity contribution in [3.63, 3.8) is 0 Å². The minimum absolute atomic E-state index is 0.261. The van der Waals surface area contributed by atoms with Crippen LogP contribution in [-0.2, 0) is 12.2 Å². The zero-order valence-corrected chi connectivity index (χ0v) is 14.5. The highest BCUT2D eigenvalue weighted by Crippen LogP contribution is 2.35. The van der Waals surface area contributed by atoms with E-state index >= 15 is 0 Å². The van der Waals surface area contributed by atoms with Crippen molar-refractivity contribution >= 4 is 23.5 Å². The summed E-state index contributed by atoms with van der Waals surface area (Å²) in [7, 11) is 0. The monoisotopic (exact) mass is 348 g/mol. The van der Waals surface area contributed by atoms with Crippen molar-refractivity contribution in [3.05, 3.63) is 58.9 Å². The number of hydrogen-bond donors (Lipinski definition) is 3. The second-order valence-corrected chi connectivity index (χ2v) is 6.28. The molecular weight excluding hydrogens is 327 g/mol. The van der Waals surface area contributed by atoms with Gasteiger partial charge in [0, 0.05) is 10.6 Å². The number of halogens is 1. The Labute approximate surface area is 145 Å². The Morgan fingerprint density at radius 3 is 2.71 bits per heavy atom. The number of rotatable bonds is 5. The van der Waals surface area contributed by atoms with Crippen molar-refractivity contribution in [2.75, 3.05) is 5.01 Å². The van der Waals surface area contributed by atoms with E-state index in [0.29, 0.717) is 11.4 Å². The summed E-state index contributed by atoms with van der Waals surface area (Å²) in [6, 6.07) is 9.72. The molecule has 0 fully saturated rings. The molecule has 0 saturated carbocycles. The molecule has 0 bridgehead atoms. The molecule has 0 aromatic heterocycles. The first-order valence-electron chi connectivity index (χ1n) is 7.53. The lowest BCUT2D eigenvalue weighted by Crippen LogP contribution is -2.47. The molecule has 7 heteroatoms. The molecule has 0 unspecified atom stereocenters. The molecule has 2 rings (SSSR count). The lowest BCUT2D eigenvalue weighted by atomic mass is 10.1. The van der Waals surface area contributed by atoms with Gasteiger partial charge in [-0.25, -0.2) is 25.9 Å². The minimum atomic E-state index is -0.605. The summed E-state index contributed by atoms with van der Waals surface area (Å²) in [5.74, 6) is 11.3. The van der Waals surface area contributed by atoms with Gasteiger partial charge < -0.3 is 0 Å². The van der Waals surface area contributed by atoms with Gasteiger partial charge >= 0.3 is 6.03 Å². The standard InChI is InChI=1S/C17H21FN4OS/c1-3-12-5-4-6-15(22(20)17(23)21-19)16(12)24-10-13-9-14(18)8-7-11(13)2/h4-9H,3,10,19-20H2,1-2H3,(H,21,23). The largest absolute Gasteiger partial charge is 0.350 e. The molecule has 0 aliphatic carbocycles. The number of benzene rings is 2. The third kappa shape index (κ3) is 4.05. The van der Waals surface area contributed by atoms with Crippen LogP contribution < -0.4 is 22.1 Å². The van der Waals surface area contributed by atoms with E-state index in [4.69, 9.17) is 11.7 Å². The maximum absolute atomic E-state index is 13.5. The number of nitrogens with one attached hydrogen (secondary N) is 1. The van der Waals surface area contributed by atoms with Crippen LogP contribution in [0, 0.1) is 12.7 Å². The van der Waals surface area contributed by atoms with Gasteiger partial charge in [0.2, 0.25) is 0 Å². The second kappa shape index (κ2) is 8.14. The van der Waals surface area contributed by atoms with E-state index < -0.39 is 6.03 Å². The Balaban J connectivity index is 2.34. The Morgan fingerprint density at radius 2 is 2.04 bits per heavy atom. The molecule has 2 amide bonds. The number of nitrogens with zero attached hydrogens (tertiary/aromatic N) is 1. The predicted octanol–water partition coefficient (Wildman–Crippen LogP) is 3.25. The Kier molecular flexibility index (Phi) is 6.19. The van der Waals surface area contributed by atoms with Gasteiger partial charge in [-0.15, -0.1) is 11.8 Å². The summed E-state index contributed by atoms with van der Waals surface area (Å²) in [4.78, 5) is 12.6. The summed E-state index contributed by atoms with van der Waals surface area (Å²) in [6.45, 7) is 3.97. The van der Waals surface area contributed by atoms with E-state index in [1.54, 1.807) is 12.1 Å². The summed E-state index contributed by atoms with van der Waals surface area (Å²) in [5.41, 5.74) is 5.57. The molecule has 128 valence electrons. The van der Waals surface area contributed by atoms with Crippen molar-refractivity contribution in [2.45, 2.75) is 30.9 Å². The molecule has 0 radical (unpaired) electrons. The normalized spacial score (nSPS) is 10.5. The number of thioether (sulfide) groups is 1. The summed E-state index contributed by atoms with van der Waals surface area (Å²) >= 11 is 1.52. The third-order valence-electron chi connectivity index (χ3n) is 3.74. The van der Waals surface area contributed by atoms with Crippen molar-refractivity contribution in [1.82, 2.24) is 5.43 Å². The lowest BCUT2D eigenvalue weighted by molar-refractivity contribution is 0.246. The fourth-order valence-electron chi connectivity index (χ4n) is 2.33. The maximum Gasteiger partial charge on any atom is 0.350 e. The average molecular weight is 348 g/mol. The zero-order chi connectivity index (χ0) is 17.7. The van der Waals surface area contributed by atoms with Gasteiger partial charge in [-0.3, -0.25) is 5.43 Å². The van der Waals surface area contributed by atoms with Gasteiger partial charge in [0.25, 0.3) is 0 Å². The molecule has 0 heterocycles. The first-order chi connectivity index (χ1) is 11.5. The molecule has 2 aromatic carbocycles. The molecule has 0 spiro atoms.